The minimum Gasteiger partial charge on any atom is -0.313 e. The van der Waals surface area contributed by atoms with E-state index in [4.69, 9.17) is 11.6 Å². The van der Waals surface area contributed by atoms with E-state index in [1.54, 1.807) is 13.0 Å². The molecule has 2 heterocycles. The second-order valence-corrected chi connectivity index (χ2v) is 7.09. The smallest absolute Gasteiger partial charge is 0.250 e. The van der Waals surface area contributed by atoms with Gasteiger partial charge < -0.3 is 5.32 Å². The minimum atomic E-state index is -3.38. The van der Waals surface area contributed by atoms with Gasteiger partial charge in [-0.05, 0) is 18.6 Å². The van der Waals surface area contributed by atoms with Gasteiger partial charge in [0.1, 0.15) is 4.21 Å². The number of hydrogen-bond acceptors (Lipinski definition) is 4. The third kappa shape index (κ3) is 2.34. The Morgan fingerprint density at radius 3 is 2.67 bits per heavy atom. The number of nitrogens with one attached hydrogen (secondary N) is 2. The van der Waals surface area contributed by atoms with Gasteiger partial charge in [-0.1, -0.05) is 11.6 Å². The van der Waals surface area contributed by atoms with Crippen molar-refractivity contribution in [3.05, 3.63) is 16.0 Å². The fourth-order valence-corrected chi connectivity index (χ4v) is 4.17. The monoisotopic (exact) mass is 266 g/mol. The van der Waals surface area contributed by atoms with Gasteiger partial charge in [0.25, 0.3) is 0 Å². The molecule has 0 aromatic carbocycles. The zero-order valence-electron chi connectivity index (χ0n) is 8.08. The predicted molar refractivity (Wildman–Crippen MR) is 61.0 cm³/mol. The van der Waals surface area contributed by atoms with Gasteiger partial charge in [0.05, 0.1) is 4.34 Å². The molecule has 0 unspecified atom stereocenters. The first-order chi connectivity index (χ1) is 6.99. The maximum Gasteiger partial charge on any atom is 0.250 e. The van der Waals surface area contributed by atoms with E-state index in [9.17, 15) is 8.42 Å². The van der Waals surface area contributed by atoms with Crippen molar-refractivity contribution in [2.45, 2.75) is 17.2 Å². The number of aryl methyl sites for hydroxylation is 1. The molecule has 0 bridgehead atoms. The average molecular weight is 267 g/mol. The van der Waals surface area contributed by atoms with Crippen molar-refractivity contribution in [3.8, 4) is 0 Å². The molecule has 0 radical (unpaired) electrons. The maximum atomic E-state index is 11.8. The molecule has 1 aliphatic heterocycles. The first-order valence-electron chi connectivity index (χ1n) is 4.48. The Labute approximate surface area is 97.7 Å². The normalized spacial score (nSPS) is 17.7. The Morgan fingerprint density at radius 2 is 2.27 bits per heavy atom. The SMILES string of the molecule is Cc1cc(S(=O)(=O)NC2CNC2)sc1Cl. The molecule has 1 aliphatic rings. The van der Waals surface area contributed by atoms with Gasteiger partial charge in [-0.2, -0.15) is 0 Å². The molecular formula is C8H11ClN2O2S2. The number of hydrogen-bond donors (Lipinski definition) is 2. The van der Waals surface area contributed by atoms with Gasteiger partial charge in [0, 0.05) is 19.1 Å². The van der Waals surface area contributed by atoms with Crippen LogP contribution in [0.4, 0.5) is 0 Å². The summed E-state index contributed by atoms with van der Waals surface area (Å²) >= 11 is 6.93. The molecule has 0 saturated carbocycles. The predicted octanol–water partition coefficient (Wildman–Crippen LogP) is 0.960. The van der Waals surface area contributed by atoms with Crippen molar-refractivity contribution >= 4 is 33.0 Å². The average Bonchev–Trinajstić information content (AvgIpc) is 2.41. The third-order valence-corrected chi connectivity index (χ3v) is 5.75. The second-order valence-electron chi connectivity index (χ2n) is 3.50. The van der Waals surface area contributed by atoms with Gasteiger partial charge in [0.2, 0.25) is 10.0 Å². The van der Waals surface area contributed by atoms with Crippen LogP contribution in [0.2, 0.25) is 4.34 Å². The molecule has 0 spiro atoms. The van der Waals surface area contributed by atoms with E-state index >= 15 is 0 Å². The summed E-state index contributed by atoms with van der Waals surface area (Å²) in [5, 5.41) is 3.00. The van der Waals surface area contributed by atoms with Crippen LogP contribution >= 0.6 is 22.9 Å². The highest BCUT2D eigenvalue weighted by atomic mass is 35.5. The topological polar surface area (TPSA) is 58.2 Å². The van der Waals surface area contributed by atoms with Crippen LogP contribution in [0.25, 0.3) is 0 Å². The molecule has 15 heavy (non-hydrogen) atoms. The van der Waals surface area contributed by atoms with Gasteiger partial charge in [0.15, 0.2) is 0 Å². The molecule has 2 rings (SSSR count). The first kappa shape index (κ1) is 11.3. The molecule has 2 N–H and O–H groups in total. The van der Waals surface area contributed by atoms with Gasteiger partial charge in [-0.15, -0.1) is 11.3 Å². The van der Waals surface area contributed by atoms with Crippen LogP contribution in [0.5, 0.6) is 0 Å². The summed E-state index contributed by atoms with van der Waals surface area (Å²) in [5.41, 5.74) is 0.800. The lowest BCUT2D eigenvalue weighted by Gasteiger charge is -2.27. The lowest BCUT2D eigenvalue weighted by Crippen LogP contribution is -2.56. The Kier molecular flexibility index (Phi) is 3.05. The van der Waals surface area contributed by atoms with Crippen molar-refractivity contribution in [1.82, 2.24) is 10.0 Å². The zero-order chi connectivity index (χ0) is 11.1. The van der Waals surface area contributed by atoms with E-state index in [0.29, 0.717) is 17.4 Å². The van der Waals surface area contributed by atoms with Crippen LogP contribution in [-0.2, 0) is 10.0 Å². The van der Waals surface area contributed by atoms with Crippen LogP contribution in [0.1, 0.15) is 5.56 Å². The lowest BCUT2D eigenvalue weighted by molar-refractivity contribution is 0.410. The molecule has 0 amide bonds. The third-order valence-electron chi connectivity index (χ3n) is 2.20. The summed E-state index contributed by atoms with van der Waals surface area (Å²) < 4.78 is 27.1. The minimum absolute atomic E-state index is 0.0104. The first-order valence-corrected chi connectivity index (χ1v) is 7.16. The van der Waals surface area contributed by atoms with Crippen LogP contribution in [-0.4, -0.2) is 27.5 Å². The second kappa shape index (κ2) is 4.03. The van der Waals surface area contributed by atoms with E-state index in [0.717, 1.165) is 16.9 Å². The Bertz CT molecular complexity index is 445. The maximum absolute atomic E-state index is 11.8. The number of thiophene rings is 1. The highest BCUT2D eigenvalue weighted by molar-refractivity contribution is 7.91. The highest BCUT2D eigenvalue weighted by Crippen LogP contribution is 2.30. The van der Waals surface area contributed by atoms with E-state index in [1.165, 1.54) is 0 Å². The van der Waals surface area contributed by atoms with Crippen molar-refractivity contribution in [2.75, 3.05) is 13.1 Å². The van der Waals surface area contributed by atoms with Crippen LogP contribution in [0.15, 0.2) is 10.3 Å². The Morgan fingerprint density at radius 1 is 1.60 bits per heavy atom. The Hall–Kier alpha value is -0.140. The van der Waals surface area contributed by atoms with E-state index in [-0.39, 0.29) is 10.3 Å². The van der Waals surface area contributed by atoms with Crippen molar-refractivity contribution in [3.63, 3.8) is 0 Å². The van der Waals surface area contributed by atoms with Gasteiger partial charge in [-0.3, -0.25) is 0 Å². The Balaban J connectivity index is 2.20. The lowest BCUT2D eigenvalue weighted by atomic mass is 10.2. The summed E-state index contributed by atoms with van der Waals surface area (Å²) in [6.45, 7) is 3.18. The molecule has 84 valence electrons. The fourth-order valence-electron chi connectivity index (χ4n) is 1.21. The van der Waals surface area contributed by atoms with Crippen molar-refractivity contribution in [2.24, 2.45) is 0 Å². The molecule has 0 aliphatic carbocycles. The quantitative estimate of drug-likeness (QED) is 0.857. The summed E-state index contributed by atoms with van der Waals surface area (Å²) in [7, 11) is -3.38. The molecule has 1 fully saturated rings. The molecular weight excluding hydrogens is 256 g/mol. The number of sulfonamides is 1. The molecule has 7 heteroatoms. The molecule has 1 aromatic rings. The molecule has 4 nitrogen and oxygen atoms in total. The fraction of sp³-hybridized carbons (Fsp3) is 0.500. The summed E-state index contributed by atoms with van der Waals surface area (Å²) in [6, 6.07) is 1.61. The largest absolute Gasteiger partial charge is 0.313 e. The van der Waals surface area contributed by atoms with E-state index < -0.39 is 10.0 Å². The van der Waals surface area contributed by atoms with E-state index in [2.05, 4.69) is 10.0 Å². The van der Waals surface area contributed by atoms with Crippen LogP contribution in [0, 0.1) is 6.92 Å². The van der Waals surface area contributed by atoms with E-state index in [1.807, 2.05) is 0 Å². The molecule has 0 atom stereocenters. The molecule has 1 saturated heterocycles. The van der Waals surface area contributed by atoms with Crippen LogP contribution in [0.3, 0.4) is 0 Å². The van der Waals surface area contributed by atoms with Crippen molar-refractivity contribution < 1.29 is 8.42 Å². The summed E-state index contributed by atoms with van der Waals surface area (Å²) in [6.07, 6.45) is 0. The van der Waals surface area contributed by atoms with Crippen LogP contribution < -0.4 is 10.0 Å². The molecule has 1 aromatic heterocycles. The zero-order valence-corrected chi connectivity index (χ0v) is 10.5. The summed E-state index contributed by atoms with van der Waals surface area (Å²) in [4.78, 5) is 0. The van der Waals surface area contributed by atoms with Crippen molar-refractivity contribution in [1.29, 1.82) is 0 Å². The number of halogens is 1. The van der Waals surface area contributed by atoms with Gasteiger partial charge in [-0.25, -0.2) is 13.1 Å². The van der Waals surface area contributed by atoms with Gasteiger partial charge >= 0.3 is 0 Å². The number of rotatable bonds is 3. The highest BCUT2D eigenvalue weighted by Gasteiger charge is 2.25. The standard InChI is InChI=1S/C8H11ClN2O2S2/c1-5-2-7(14-8(5)9)15(12,13)11-6-3-10-4-6/h2,6,10-11H,3-4H2,1H3. The summed E-state index contributed by atoms with van der Waals surface area (Å²) in [5.74, 6) is 0.